The van der Waals surface area contributed by atoms with Crippen LogP contribution in [-0.4, -0.2) is 29.0 Å². The number of hydrogen-bond acceptors (Lipinski definition) is 2. The van der Waals surface area contributed by atoms with Gasteiger partial charge in [-0.3, -0.25) is 4.79 Å². The number of carbonyl (C=O) groups is 1. The first-order valence-electron chi connectivity index (χ1n) is 12.4. The number of nitrogens with zero attached hydrogens (tertiary/aromatic N) is 2. The summed E-state index contributed by atoms with van der Waals surface area (Å²) in [5.41, 5.74) is 7.38. The van der Waals surface area contributed by atoms with Gasteiger partial charge in [-0.25, -0.2) is 0 Å². The topological polar surface area (TPSA) is 34.5 Å². The van der Waals surface area contributed by atoms with Crippen LogP contribution in [0.3, 0.4) is 0 Å². The molecule has 0 N–H and O–H groups in total. The number of rotatable bonds is 6. The fraction of sp³-hybridized carbons (Fsp3) is 0.156. The Labute approximate surface area is 221 Å². The lowest BCUT2D eigenvalue weighted by molar-refractivity contribution is 0.0753. The Bertz CT molecular complexity index is 1620. The van der Waals surface area contributed by atoms with E-state index in [1.165, 1.54) is 0 Å². The highest BCUT2D eigenvalue weighted by Gasteiger charge is 2.40. The minimum Gasteiger partial charge on any atom is -0.497 e. The Kier molecular flexibility index (Phi) is 5.97. The zero-order chi connectivity index (χ0) is 25.5. The second-order valence-electron chi connectivity index (χ2n) is 9.44. The second kappa shape index (κ2) is 9.45. The maximum Gasteiger partial charge on any atom is 0.255 e. The van der Waals surface area contributed by atoms with Crippen molar-refractivity contribution in [1.82, 2.24) is 9.47 Å². The summed E-state index contributed by atoms with van der Waals surface area (Å²) in [7, 11) is 3.78. The molecule has 0 spiro atoms. The van der Waals surface area contributed by atoms with Crippen LogP contribution < -0.4 is 4.74 Å². The molecule has 0 fully saturated rings. The molecule has 1 aromatic heterocycles. The van der Waals surface area contributed by atoms with Crippen LogP contribution >= 0.6 is 11.6 Å². The van der Waals surface area contributed by atoms with Crippen molar-refractivity contribution in [2.45, 2.75) is 12.5 Å². The van der Waals surface area contributed by atoms with Gasteiger partial charge in [0.05, 0.1) is 18.8 Å². The average molecular weight is 507 g/mol. The van der Waals surface area contributed by atoms with E-state index in [9.17, 15) is 4.79 Å². The predicted molar refractivity (Wildman–Crippen MR) is 149 cm³/mol. The summed E-state index contributed by atoms with van der Waals surface area (Å²) < 4.78 is 7.80. The number of halogens is 1. The zero-order valence-corrected chi connectivity index (χ0v) is 21.6. The van der Waals surface area contributed by atoms with E-state index in [1.54, 1.807) is 7.11 Å². The minimum absolute atomic E-state index is 0.0686. The molecule has 1 unspecified atom stereocenters. The molecule has 4 aromatic carbocycles. The molecule has 5 heteroatoms. The van der Waals surface area contributed by atoms with Crippen LogP contribution in [0.2, 0.25) is 5.02 Å². The monoisotopic (exact) mass is 506 g/mol. The largest absolute Gasteiger partial charge is 0.497 e. The molecule has 4 nitrogen and oxygen atoms in total. The van der Waals surface area contributed by atoms with Gasteiger partial charge < -0.3 is 14.2 Å². The lowest BCUT2D eigenvalue weighted by Gasteiger charge is -2.27. The molecule has 5 aromatic rings. The van der Waals surface area contributed by atoms with Crippen molar-refractivity contribution < 1.29 is 9.53 Å². The third kappa shape index (κ3) is 3.98. The van der Waals surface area contributed by atoms with Crippen LogP contribution in [0, 0.1) is 0 Å². The fourth-order valence-electron chi connectivity index (χ4n) is 5.63. The van der Waals surface area contributed by atoms with Gasteiger partial charge >= 0.3 is 0 Å². The Morgan fingerprint density at radius 2 is 1.65 bits per heavy atom. The molecule has 0 aliphatic carbocycles. The normalized spacial score (nSPS) is 14.8. The standard InChI is InChI=1S/C32H27ClN2O2/c1-34-28-13-6-5-12-27(28)29(30(34)22-8-7-9-24(20-22)37-2)31-25-10-3-4-11-26(25)32(36)35(31)19-18-21-14-16-23(33)17-15-21/h3-17,20,31H,18-19H2,1-2H3. The first-order valence-corrected chi connectivity index (χ1v) is 12.8. The summed E-state index contributed by atoms with van der Waals surface area (Å²) in [5.74, 6) is 0.871. The smallest absolute Gasteiger partial charge is 0.255 e. The van der Waals surface area contributed by atoms with E-state index in [1.807, 2.05) is 59.5 Å². The molecule has 1 atom stereocenters. The van der Waals surface area contributed by atoms with Gasteiger partial charge in [-0.2, -0.15) is 0 Å². The first-order chi connectivity index (χ1) is 18.1. The molecule has 1 aliphatic heterocycles. The Morgan fingerprint density at radius 1 is 0.892 bits per heavy atom. The minimum atomic E-state index is -0.205. The van der Waals surface area contributed by atoms with Gasteiger partial charge in [0.2, 0.25) is 0 Å². The average Bonchev–Trinajstić information content (AvgIpc) is 3.38. The third-order valence-electron chi connectivity index (χ3n) is 7.38. The zero-order valence-electron chi connectivity index (χ0n) is 20.8. The molecule has 184 valence electrons. The Balaban J connectivity index is 1.55. The predicted octanol–water partition coefficient (Wildman–Crippen LogP) is 7.30. The molecule has 1 aliphatic rings. The lowest BCUT2D eigenvalue weighted by Crippen LogP contribution is -2.31. The number of amides is 1. The van der Waals surface area contributed by atoms with Crippen molar-refractivity contribution in [1.29, 1.82) is 0 Å². The number of benzene rings is 4. The summed E-state index contributed by atoms with van der Waals surface area (Å²) in [5, 5.41) is 1.86. The van der Waals surface area contributed by atoms with E-state index in [2.05, 4.69) is 54.1 Å². The number of ether oxygens (including phenoxy) is 1. The van der Waals surface area contributed by atoms with Gasteiger partial charge in [-0.05, 0) is 53.9 Å². The van der Waals surface area contributed by atoms with Crippen molar-refractivity contribution in [3.05, 3.63) is 124 Å². The first kappa shape index (κ1) is 23.4. The molecule has 6 rings (SSSR count). The van der Waals surface area contributed by atoms with Crippen LogP contribution in [0.5, 0.6) is 5.75 Å². The Hall–Kier alpha value is -4.02. The second-order valence-corrected chi connectivity index (χ2v) is 9.87. The number of fused-ring (bicyclic) bond motifs is 2. The maximum absolute atomic E-state index is 13.8. The van der Waals surface area contributed by atoms with E-state index in [-0.39, 0.29) is 11.9 Å². The van der Waals surface area contributed by atoms with E-state index >= 15 is 0 Å². The summed E-state index contributed by atoms with van der Waals surface area (Å²) in [6, 6.07) is 32.3. The van der Waals surface area contributed by atoms with Crippen LogP contribution in [0.15, 0.2) is 97.1 Å². The SMILES string of the molecule is COc1cccc(-c2c(C3c4ccccc4C(=O)N3CCc3ccc(Cl)cc3)c3ccccc3n2C)c1. The Morgan fingerprint density at radius 3 is 2.46 bits per heavy atom. The molecule has 0 saturated heterocycles. The summed E-state index contributed by atoms with van der Waals surface area (Å²) >= 11 is 6.11. The van der Waals surface area contributed by atoms with Crippen LogP contribution in [0.25, 0.3) is 22.2 Å². The quantitative estimate of drug-likeness (QED) is 0.242. The highest BCUT2D eigenvalue weighted by molar-refractivity contribution is 6.30. The highest BCUT2D eigenvalue weighted by Crippen LogP contribution is 2.46. The van der Waals surface area contributed by atoms with Gasteiger partial charge in [0, 0.05) is 46.2 Å². The molecule has 1 amide bonds. The van der Waals surface area contributed by atoms with Crippen molar-refractivity contribution in [2.24, 2.45) is 7.05 Å². The number of aryl methyl sites for hydroxylation is 1. The summed E-state index contributed by atoms with van der Waals surface area (Å²) in [4.78, 5) is 15.9. The van der Waals surface area contributed by atoms with Crippen molar-refractivity contribution in [2.75, 3.05) is 13.7 Å². The summed E-state index contributed by atoms with van der Waals surface area (Å²) in [6.07, 6.45) is 0.743. The van der Waals surface area contributed by atoms with E-state index in [0.29, 0.717) is 11.6 Å². The van der Waals surface area contributed by atoms with Crippen LogP contribution in [0.4, 0.5) is 0 Å². The number of methoxy groups -OCH3 is 1. The molecule has 37 heavy (non-hydrogen) atoms. The lowest BCUT2D eigenvalue weighted by atomic mass is 9.93. The molecule has 0 bridgehead atoms. The van der Waals surface area contributed by atoms with E-state index < -0.39 is 0 Å². The number of aromatic nitrogens is 1. The van der Waals surface area contributed by atoms with E-state index in [4.69, 9.17) is 16.3 Å². The van der Waals surface area contributed by atoms with Gasteiger partial charge in [0.1, 0.15) is 5.75 Å². The number of para-hydroxylation sites is 1. The summed E-state index contributed by atoms with van der Waals surface area (Å²) in [6.45, 7) is 0.598. The van der Waals surface area contributed by atoms with Gasteiger partial charge in [0.15, 0.2) is 0 Å². The molecule has 0 radical (unpaired) electrons. The maximum atomic E-state index is 13.8. The van der Waals surface area contributed by atoms with Crippen molar-refractivity contribution >= 4 is 28.4 Å². The van der Waals surface area contributed by atoms with Crippen LogP contribution in [-0.2, 0) is 13.5 Å². The van der Waals surface area contributed by atoms with Gasteiger partial charge in [-0.1, -0.05) is 72.3 Å². The molecule has 2 heterocycles. The van der Waals surface area contributed by atoms with E-state index in [0.717, 1.165) is 56.6 Å². The van der Waals surface area contributed by atoms with Crippen LogP contribution in [0.1, 0.15) is 33.1 Å². The van der Waals surface area contributed by atoms with Crippen molar-refractivity contribution in [3.63, 3.8) is 0 Å². The van der Waals surface area contributed by atoms with Gasteiger partial charge in [0.25, 0.3) is 5.91 Å². The molecule has 0 saturated carbocycles. The number of carbonyl (C=O) groups excluding carboxylic acids is 1. The molecular weight excluding hydrogens is 480 g/mol. The molecular formula is C32H27ClN2O2. The highest BCUT2D eigenvalue weighted by atomic mass is 35.5. The fourth-order valence-corrected chi connectivity index (χ4v) is 5.76. The van der Waals surface area contributed by atoms with Gasteiger partial charge in [-0.15, -0.1) is 0 Å². The number of hydrogen-bond donors (Lipinski definition) is 0. The van der Waals surface area contributed by atoms with Crippen molar-refractivity contribution in [3.8, 4) is 17.0 Å². The third-order valence-corrected chi connectivity index (χ3v) is 7.63.